The van der Waals surface area contributed by atoms with Crippen molar-refractivity contribution in [2.75, 3.05) is 5.73 Å². The number of thiazole rings is 1. The first-order valence-corrected chi connectivity index (χ1v) is 11.0. The van der Waals surface area contributed by atoms with Gasteiger partial charge in [0.2, 0.25) is 0 Å². The van der Waals surface area contributed by atoms with Crippen LogP contribution in [0.4, 0.5) is 5.69 Å². The number of ether oxygens (including phenoxy) is 1. The first kappa shape index (κ1) is 21.5. The van der Waals surface area contributed by atoms with Crippen LogP contribution < -0.4 is 5.73 Å². The van der Waals surface area contributed by atoms with Crippen molar-refractivity contribution >= 4 is 22.8 Å². The number of rotatable bonds is 6. The van der Waals surface area contributed by atoms with E-state index in [-0.39, 0.29) is 24.3 Å². The highest BCUT2D eigenvalue weighted by atomic mass is 32.1. The molecule has 31 heavy (non-hydrogen) atoms. The van der Waals surface area contributed by atoms with Crippen molar-refractivity contribution in [3.63, 3.8) is 0 Å². The maximum absolute atomic E-state index is 13.1. The molecule has 4 atom stereocenters. The van der Waals surface area contributed by atoms with E-state index in [1.807, 2.05) is 12.3 Å². The topological polar surface area (TPSA) is 131 Å². The summed E-state index contributed by atoms with van der Waals surface area (Å²) in [7, 11) is 0. The smallest absolute Gasteiger partial charge is 0.187 e. The zero-order chi connectivity index (χ0) is 22.0. The zero-order valence-corrected chi connectivity index (χ0v) is 17.8. The maximum atomic E-state index is 13.1. The second kappa shape index (κ2) is 9.19. The van der Waals surface area contributed by atoms with Crippen LogP contribution in [-0.4, -0.2) is 49.3 Å². The van der Waals surface area contributed by atoms with Crippen LogP contribution in [0, 0.1) is 0 Å². The van der Waals surface area contributed by atoms with Gasteiger partial charge in [0, 0.05) is 36.8 Å². The van der Waals surface area contributed by atoms with Crippen LogP contribution in [0.5, 0.6) is 0 Å². The SMILES string of the molecule is CC[C@H]1O[C@@H](c2ccncc2CC(=O)c2nc(-c3nccs3)ccc2N)C[C@@H](O)[C@@H]1O. The number of Topliss-reactive ketones (excluding diaryl/α,β-unsaturated/α-hetero) is 1. The minimum Gasteiger partial charge on any atom is -0.397 e. The van der Waals surface area contributed by atoms with E-state index in [0.717, 1.165) is 5.56 Å². The van der Waals surface area contributed by atoms with Gasteiger partial charge in [-0.25, -0.2) is 9.97 Å². The fourth-order valence-corrected chi connectivity index (χ4v) is 4.42. The van der Waals surface area contributed by atoms with Crippen LogP contribution in [-0.2, 0) is 11.2 Å². The minimum absolute atomic E-state index is 0.0387. The summed E-state index contributed by atoms with van der Waals surface area (Å²) in [5.74, 6) is -0.242. The molecule has 3 aromatic heterocycles. The molecule has 3 aromatic rings. The number of anilines is 1. The summed E-state index contributed by atoms with van der Waals surface area (Å²) >= 11 is 1.43. The summed E-state index contributed by atoms with van der Waals surface area (Å²) < 4.78 is 6.03. The standard InChI is InChI=1S/C22H24N4O4S/c1-2-18-21(29)17(28)10-19(30-18)13-5-6-24-11-12(13)9-16(27)20-14(23)3-4-15(26-20)22-25-7-8-31-22/h3-8,11,17-19,21,28-29H,2,9-10,23H2,1H3/t17-,18-,19-,21+/m1/s1. The van der Waals surface area contributed by atoms with E-state index in [9.17, 15) is 15.0 Å². The molecule has 1 aliphatic heterocycles. The zero-order valence-electron chi connectivity index (χ0n) is 17.0. The molecular weight excluding hydrogens is 416 g/mol. The predicted molar refractivity (Wildman–Crippen MR) is 117 cm³/mol. The van der Waals surface area contributed by atoms with Crippen molar-refractivity contribution < 1.29 is 19.7 Å². The van der Waals surface area contributed by atoms with E-state index in [1.54, 1.807) is 36.8 Å². The lowest BCUT2D eigenvalue weighted by atomic mass is 9.90. The van der Waals surface area contributed by atoms with E-state index >= 15 is 0 Å². The quantitative estimate of drug-likeness (QED) is 0.498. The number of carbonyl (C=O) groups is 1. The highest BCUT2D eigenvalue weighted by Crippen LogP contribution is 2.35. The number of aliphatic hydroxyl groups excluding tert-OH is 2. The van der Waals surface area contributed by atoms with Crippen LogP contribution >= 0.6 is 11.3 Å². The largest absolute Gasteiger partial charge is 0.397 e. The number of nitrogens with two attached hydrogens (primary N) is 1. The van der Waals surface area contributed by atoms with Crippen molar-refractivity contribution in [1.29, 1.82) is 0 Å². The summed E-state index contributed by atoms with van der Waals surface area (Å²) in [6, 6.07) is 5.19. The number of aliphatic hydroxyl groups is 2. The van der Waals surface area contributed by atoms with Crippen LogP contribution in [0.1, 0.15) is 47.5 Å². The minimum atomic E-state index is -0.925. The highest BCUT2D eigenvalue weighted by molar-refractivity contribution is 7.13. The Bertz CT molecular complexity index is 1060. The van der Waals surface area contributed by atoms with Gasteiger partial charge in [0.15, 0.2) is 5.78 Å². The number of hydrogen-bond acceptors (Lipinski definition) is 9. The summed E-state index contributed by atoms with van der Waals surface area (Å²) in [6.07, 6.45) is 3.03. The van der Waals surface area contributed by atoms with Gasteiger partial charge in [0.05, 0.1) is 29.7 Å². The Hall–Kier alpha value is -2.72. The molecule has 162 valence electrons. The Kier molecular flexibility index (Phi) is 6.38. The van der Waals surface area contributed by atoms with E-state index in [1.165, 1.54) is 11.3 Å². The number of carbonyl (C=O) groups excluding carboxylic acids is 1. The van der Waals surface area contributed by atoms with E-state index in [0.29, 0.717) is 28.4 Å². The first-order valence-electron chi connectivity index (χ1n) is 10.1. The van der Waals surface area contributed by atoms with Gasteiger partial charge in [-0.15, -0.1) is 11.3 Å². The molecule has 0 unspecified atom stereocenters. The Morgan fingerprint density at radius 1 is 1.29 bits per heavy atom. The lowest BCUT2D eigenvalue weighted by Gasteiger charge is -2.37. The number of nitrogens with zero attached hydrogens (tertiary/aromatic N) is 3. The Labute approximate surface area is 183 Å². The van der Waals surface area contributed by atoms with Crippen molar-refractivity contribution in [1.82, 2.24) is 15.0 Å². The van der Waals surface area contributed by atoms with Gasteiger partial charge in [-0.1, -0.05) is 6.92 Å². The number of pyridine rings is 2. The molecule has 0 saturated carbocycles. The molecule has 0 spiro atoms. The number of hydrogen-bond donors (Lipinski definition) is 3. The molecule has 1 aliphatic rings. The second-order valence-electron chi connectivity index (χ2n) is 7.51. The molecule has 8 nitrogen and oxygen atoms in total. The van der Waals surface area contributed by atoms with Gasteiger partial charge in [0.1, 0.15) is 16.8 Å². The third-order valence-corrected chi connectivity index (χ3v) is 6.25. The molecule has 4 rings (SSSR count). The predicted octanol–water partition coefficient (Wildman–Crippen LogP) is 2.57. The fraction of sp³-hybridized carbons (Fsp3) is 0.364. The molecule has 0 radical (unpaired) electrons. The molecule has 1 saturated heterocycles. The second-order valence-corrected chi connectivity index (χ2v) is 8.41. The summed E-state index contributed by atoms with van der Waals surface area (Å²) in [4.78, 5) is 26.0. The molecule has 0 amide bonds. The average Bonchev–Trinajstić information content (AvgIpc) is 3.31. The number of ketones is 1. The molecule has 4 N–H and O–H groups in total. The van der Waals surface area contributed by atoms with Crippen LogP contribution in [0.2, 0.25) is 0 Å². The third kappa shape index (κ3) is 4.49. The molecule has 0 bridgehead atoms. The van der Waals surface area contributed by atoms with Crippen molar-refractivity contribution in [2.24, 2.45) is 0 Å². The van der Waals surface area contributed by atoms with Gasteiger partial charge < -0.3 is 20.7 Å². The summed E-state index contributed by atoms with van der Waals surface area (Å²) in [5.41, 5.74) is 8.57. The van der Waals surface area contributed by atoms with Gasteiger partial charge >= 0.3 is 0 Å². The van der Waals surface area contributed by atoms with Gasteiger partial charge in [-0.2, -0.15) is 0 Å². The van der Waals surface area contributed by atoms with Crippen LogP contribution in [0.3, 0.4) is 0 Å². The molecule has 1 fully saturated rings. The van der Waals surface area contributed by atoms with Crippen LogP contribution in [0.25, 0.3) is 10.7 Å². The lowest BCUT2D eigenvalue weighted by molar-refractivity contribution is -0.171. The summed E-state index contributed by atoms with van der Waals surface area (Å²) in [6.45, 7) is 1.89. The fourth-order valence-electron chi connectivity index (χ4n) is 3.81. The maximum Gasteiger partial charge on any atom is 0.187 e. The lowest BCUT2D eigenvalue weighted by Crippen LogP contribution is -2.45. The van der Waals surface area contributed by atoms with Gasteiger partial charge in [0.25, 0.3) is 0 Å². The normalized spacial score (nSPS) is 23.6. The van der Waals surface area contributed by atoms with Crippen molar-refractivity contribution in [3.8, 4) is 10.7 Å². The van der Waals surface area contributed by atoms with E-state index in [2.05, 4.69) is 15.0 Å². The molecule has 9 heteroatoms. The van der Waals surface area contributed by atoms with Gasteiger partial charge in [-0.3, -0.25) is 9.78 Å². The number of aromatic nitrogens is 3. The monoisotopic (exact) mass is 440 g/mol. The molecule has 4 heterocycles. The first-order chi connectivity index (χ1) is 15.0. The Morgan fingerprint density at radius 2 is 2.13 bits per heavy atom. The van der Waals surface area contributed by atoms with Crippen molar-refractivity contribution in [3.05, 3.63) is 59.0 Å². The Balaban J connectivity index is 1.60. The number of nitrogen functional groups attached to an aromatic ring is 1. The third-order valence-electron chi connectivity index (χ3n) is 5.45. The van der Waals surface area contributed by atoms with E-state index in [4.69, 9.17) is 10.5 Å². The van der Waals surface area contributed by atoms with Gasteiger partial charge in [-0.05, 0) is 35.7 Å². The molecule has 0 aliphatic carbocycles. The average molecular weight is 441 g/mol. The van der Waals surface area contributed by atoms with Crippen LogP contribution in [0.15, 0.2) is 42.2 Å². The molecular formula is C22H24N4O4S. The van der Waals surface area contributed by atoms with E-state index < -0.39 is 24.4 Å². The summed E-state index contributed by atoms with van der Waals surface area (Å²) in [5, 5.41) is 23.0. The van der Waals surface area contributed by atoms with Crippen molar-refractivity contribution in [2.45, 2.75) is 50.6 Å². The Morgan fingerprint density at radius 3 is 2.87 bits per heavy atom. The highest BCUT2D eigenvalue weighted by Gasteiger charge is 2.37. The molecule has 0 aromatic carbocycles.